The minimum absolute atomic E-state index is 0.0995. The maximum absolute atomic E-state index is 12.4. The van der Waals surface area contributed by atoms with Crippen molar-refractivity contribution in [1.82, 2.24) is 10.2 Å². The Bertz CT molecular complexity index is 1030. The normalized spacial score (nSPS) is 13.4. The molecule has 0 unspecified atom stereocenters. The Balaban J connectivity index is 1.45. The second-order valence-electron chi connectivity index (χ2n) is 6.60. The van der Waals surface area contributed by atoms with Crippen molar-refractivity contribution < 1.29 is 18.9 Å². The number of benzene rings is 2. The maximum atomic E-state index is 12.4. The van der Waals surface area contributed by atoms with Gasteiger partial charge in [-0.2, -0.15) is 0 Å². The van der Waals surface area contributed by atoms with Gasteiger partial charge in [-0.25, -0.2) is 4.79 Å². The van der Waals surface area contributed by atoms with Gasteiger partial charge in [0.25, 0.3) is 11.6 Å². The lowest BCUT2D eigenvalue weighted by Gasteiger charge is -2.17. The summed E-state index contributed by atoms with van der Waals surface area (Å²) in [5.41, 5.74) is 1.27. The van der Waals surface area contributed by atoms with Gasteiger partial charge < -0.3 is 14.1 Å². The van der Waals surface area contributed by atoms with Gasteiger partial charge in [0.1, 0.15) is 5.69 Å². The summed E-state index contributed by atoms with van der Waals surface area (Å²) in [5, 5.41) is 19.3. The average Bonchev–Trinajstić information content (AvgIpc) is 3.44. The van der Waals surface area contributed by atoms with E-state index in [2.05, 4.69) is 10.2 Å². The van der Waals surface area contributed by atoms with Crippen molar-refractivity contribution in [1.29, 1.82) is 0 Å². The molecule has 1 fully saturated rings. The number of nitrogens with zero attached hydrogens (tertiary/aromatic N) is 4. The molecule has 0 saturated carbocycles. The molecule has 0 radical (unpaired) electrons. The smallest absolute Gasteiger partial charge is 0.338 e. The van der Waals surface area contributed by atoms with E-state index in [1.807, 2.05) is 35.2 Å². The predicted molar refractivity (Wildman–Crippen MR) is 103 cm³/mol. The summed E-state index contributed by atoms with van der Waals surface area (Å²) in [5.74, 6) is -0.233. The molecule has 1 aliphatic rings. The Hall–Kier alpha value is -3.75. The van der Waals surface area contributed by atoms with Gasteiger partial charge in [-0.05, 0) is 37.1 Å². The van der Waals surface area contributed by atoms with Crippen LogP contribution in [-0.4, -0.2) is 34.2 Å². The predicted octanol–water partition coefficient (Wildman–Crippen LogP) is 3.60. The molecule has 3 aromatic rings. The molecule has 2 aromatic carbocycles. The molecule has 0 bridgehead atoms. The first-order chi connectivity index (χ1) is 14.1. The molecule has 29 heavy (non-hydrogen) atoms. The molecule has 0 atom stereocenters. The molecule has 1 aromatic heterocycles. The molecule has 0 amide bonds. The van der Waals surface area contributed by atoms with Gasteiger partial charge in [0.2, 0.25) is 5.89 Å². The van der Waals surface area contributed by atoms with Crippen LogP contribution in [0.3, 0.4) is 0 Å². The number of rotatable bonds is 6. The van der Waals surface area contributed by atoms with Gasteiger partial charge in [0.15, 0.2) is 6.61 Å². The summed E-state index contributed by atoms with van der Waals surface area (Å²) in [4.78, 5) is 25.3. The summed E-state index contributed by atoms with van der Waals surface area (Å²) in [6, 6.07) is 13.6. The van der Waals surface area contributed by atoms with Crippen LogP contribution >= 0.6 is 0 Å². The number of hydrogen-bond donors (Lipinski definition) is 0. The summed E-state index contributed by atoms with van der Waals surface area (Å²) >= 11 is 0. The largest absolute Gasteiger partial charge is 0.452 e. The summed E-state index contributed by atoms with van der Waals surface area (Å²) < 4.78 is 10.7. The highest BCUT2D eigenvalue weighted by molar-refractivity contribution is 5.91. The van der Waals surface area contributed by atoms with Crippen LogP contribution in [0.1, 0.15) is 29.1 Å². The van der Waals surface area contributed by atoms with Crippen LogP contribution in [0.25, 0.3) is 11.5 Å². The van der Waals surface area contributed by atoms with E-state index in [1.54, 1.807) is 6.07 Å². The molecular formula is C20H18N4O5. The van der Waals surface area contributed by atoms with E-state index in [4.69, 9.17) is 9.15 Å². The molecule has 0 N–H and O–H groups in total. The monoisotopic (exact) mass is 394 g/mol. The van der Waals surface area contributed by atoms with Gasteiger partial charge in [-0.15, -0.1) is 10.2 Å². The zero-order chi connectivity index (χ0) is 20.2. The number of esters is 1. The fourth-order valence-corrected chi connectivity index (χ4v) is 3.24. The minimum atomic E-state index is -0.694. The Kier molecular flexibility index (Phi) is 5.19. The number of carbonyl (C=O) groups excluding carboxylic acids is 1. The van der Waals surface area contributed by atoms with Crippen LogP contribution < -0.4 is 4.90 Å². The van der Waals surface area contributed by atoms with Crippen molar-refractivity contribution in [2.75, 3.05) is 18.0 Å². The van der Waals surface area contributed by atoms with E-state index in [0.29, 0.717) is 11.6 Å². The lowest BCUT2D eigenvalue weighted by Crippen LogP contribution is -2.19. The van der Waals surface area contributed by atoms with E-state index in [9.17, 15) is 14.9 Å². The number of aromatic nitrogens is 2. The third-order valence-electron chi connectivity index (χ3n) is 4.67. The molecule has 9 heteroatoms. The Labute approximate surface area is 166 Å². The number of ether oxygens (including phenoxy) is 1. The van der Waals surface area contributed by atoms with Crippen LogP contribution in [0, 0.1) is 10.1 Å². The first kappa shape index (κ1) is 18.6. The van der Waals surface area contributed by atoms with Crippen LogP contribution in [0.5, 0.6) is 0 Å². The summed E-state index contributed by atoms with van der Waals surface area (Å²) in [6.07, 6.45) is 1.99. The number of anilines is 1. The second-order valence-corrected chi connectivity index (χ2v) is 6.60. The van der Waals surface area contributed by atoms with E-state index < -0.39 is 10.9 Å². The van der Waals surface area contributed by atoms with Crippen molar-refractivity contribution >= 4 is 17.3 Å². The van der Waals surface area contributed by atoms with Crippen molar-refractivity contribution in [3.8, 4) is 11.5 Å². The van der Waals surface area contributed by atoms with Crippen molar-refractivity contribution in [3.63, 3.8) is 0 Å². The van der Waals surface area contributed by atoms with E-state index in [0.717, 1.165) is 31.5 Å². The molecule has 0 aliphatic carbocycles. The molecule has 9 nitrogen and oxygen atoms in total. The molecule has 148 valence electrons. The number of hydrogen-bond acceptors (Lipinski definition) is 8. The third-order valence-corrected chi connectivity index (χ3v) is 4.67. The Morgan fingerprint density at radius 1 is 1.14 bits per heavy atom. The van der Waals surface area contributed by atoms with Gasteiger partial charge >= 0.3 is 5.97 Å². The van der Waals surface area contributed by atoms with E-state index >= 15 is 0 Å². The van der Waals surface area contributed by atoms with Gasteiger partial charge in [-0.1, -0.05) is 18.2 Å². The Morgan fingerprint density at radius 3 is 2.62 bits per heavy atom. The SMILES string of the molecule is O=C(OCc1nnc(-c2ccccc2)o1)c1ccc(N2CCCC2)c([N+](=O)[O-])c1. The fourth-order valence-electron chi connectivity index (χ4n) is 3.24. The summed E-state index contributed by atoms with van der Waals surface area (Å²) in [7, 11) is 0. The first-order valence-electron chi connectivity index (χ1n) is 9.20. The standard InChI is InChI=1S/C20H18N4O5/c25-20(28-13-18-21-22-19(29-18)14-6-2-1-3-7-14)15-8-9-16(17(12-15)24(26)27)23-10-4-5-11-23/h1-3,6-9,12H,4-5,10-11,13H2. The van der Waals surface area contributed by atoms with Crippen LogP contribution in [0.15, 0.2) is 52.9 Å². The fraction of sp³-hybridized carbons (Fsp3) is 0.250. The van der Waals surface area contributed by atoms with Crippen LogP contribution in [-0.2, 0) is 11.3 Å². The second kappa shape index (κ2) is 8.09. The average molecular weight is 394 g/mol. The minimum Gasteiger partial charge on any atom is -0.452 e. The maximum Gasteiger partial charge on any atom is 0.338 e. The zero-order valence-corrected chi connectivity index (χ0v) is 15.5. The molecule has 1 saturated heterocycles. The number of nitro benzene ring substituents is 1. The van der Waals surface area contributed by atoms with E-state index in [-0.39, 0.29) is 23.7 Å². The molecule has 2 heterocycles. The first-order valence-corrected chi connectivity index (χ1v) is 9.20. The molecule has 1 aliphatic heterocycles. The third kappa shape index (κ3) is 4.08. The quantitative estimate of drug-likeness (QED) is 0.354. The highest BCUT2D eigenvalue weighted by Gasteiger charge is 2.24. The van der Waals surface area contributed by atoms with Crippen molar-refractivity contribution in [2.24, 2.45) is 0 Å². The molecular weight excluding hydrogens is 376 g/mol. The van der Waals surface area contributed by atoms with Crippen LogP contribution in [0.4, 0.5) is 11.4 Å². The highest BCUT2D eigenvalue weighted by Crippen LogP contribution is 2.32. The van der Waals surface area contributed by atoms with Gasteiger partial charge in [0, 0.05) is 24.7 Å². The van der Waals surface area contributed by atoms with Gasteiger partial charge in [-0.3, -0.25) is 10.1 Å². The molecule has 4 rings (SSSR count). The van der Waals surface area contributed by atoms with E-state index in [1.165, 1.54) is 12.1 Å². The van der Waals surface area contributed by atoms with Crippen LogP contribution in [0.2, 0.25) is 0 Å². The van der Waals surface area contributed by atoms with Crippen molar-refractivity contribution in [3.05, 3.63) is 70.1 Å². The highest BCUT2D eigenvalue weighted by atomic mass is 16.6. The molecule has 0 spiro atoms. The lowest BCUT2D eigenvalue weighted by molar-refractivity contribution is -0.384. The Morgan fingerprint density at radius 2 is 1.90 bits per heavy atom. The summed E-state index contributed by atoms with van der Waals surface area (Å²) in [6.45, 7) is 1.32. The number of nitro groups is 1. The lowest BCUT2D eigenvalue weighted by atomic mass is 10.1. The van der Waals surface area contributed by atoms with Crippen molar-refractivity contribution in [2.45, 2.75) is 19.4 Å². The topological polar surface area (TPSA) is 112 Å². The zero-order valence-electron chi connectivity index (χ0n) is 15.5. The van der Waals surface area contributed by atoms with Gasteiger partial charge in [0.05, 0.1) is 10.5 Å². The number of carbonyl (C=O) groups is 1.